The Morgan fingerprint density at radius 3 is 2.45 bits per heavy atom. The zero-order valence-electron chi connectivity index (χ0n) is 11.4. The molecule has 1 amide bonds. The number of furan rings is 1. The van der Waals surface area contributed by atoms with Gasteiger partial charge in [-0.3, -0.25) is 0 Å². The van der Waals surface area contributed by atoms with E-state index in [-0.39, 0.29) is 12.3 Å². The van der Waals surface area contributed by atoms with Gasteiger partial charge >= 0.3 is 12.3 Å². The van der Waals surface area contributed by atoms with Crippen molar-refractivity contribution in [3.63, 3.8) is 0 Å². The van der Waals surface area contributed by atoms with Crippen molar-refractivity contribution in [2.24, 2.45) is 5.73 Å². The summed E-state index contributed by atoms with van der Waals surface area (Å²) in [6, 6.07) is 1.03. The number of carbonyl (C=O) groups excluding carboxylic acids is 1. The summed E-state index contributed by atoms with van der Waals surface area (Å²) in [5, 5.41) is 2.36. The molecule has 0 fully saturated rings. The minimum atomic E-state index is -4.56. The molecule has 0 bridgehead atoms. The van der Waals surface area contributed by atoms with Crippen LogP contribution in [0.25, 0.3) is 0 Å². The van der Waals surface area contributed by atoms with Gasteiger partial charge in [-0.15, -0.1) is 0 Å². The van der Waals surface area contributed by atoms with Crippen molar-refractivity contribution in [1.29, 1.82) is 0 Å². The van der Waals surface area contributed by atoms with Crippen LogP contribution in [0.4, 0.5) is 18.0 Å². The van der Waals surface area contributed by atoms with Gasteiger partial charge in [-0.25, -0.2) is 4.79 Å². The normalized spacial score (nSPS) is 13.9. The second-order valence-corrected chi connectivity index (χ2v) is 5.19. The highest BCUT2D eigenvalue weighted by molar-refractivity contribution is 5.67. The van der Waals surface area contributed by atoms with E-state index in [0.29, 0.717) is 0 Å². The number of hydrogen-bond acceptors (Lipinski definition) is 4. The van der Waals surface area contributed by atoms with E-state index in [1.54, 1.807) is 20.8 Å². The Hall–Kier alpha value is -1.70. The number of amides is 1. The minimum absolute atomic E-state index is 0.0617. The number of hydrogen-bond donors (Lipinski definition) is 2. The van der Waals surface area contributed by atoms with E-state index in [0.717, 1.165) is 12.1 Å². The van der Waals surface area contributed by atoms with Crippen molar-refractivity contribution in [1.82, 2.24) is 5.32 Å². The van der Waals surface area contributed by atoms with Crippen molar-refractivity contribution < 1.29 is 27.1 Å². The van der Waals surface area contributed by atoms with E-state index in [1.165, 1.54) is 0 Å². The Labute approximate surface area is 114 Å². The summed E-state index contributed by atoms with van der Waals surface area (Å²) in [4.78, 5) is 11.4. The first kappa shape index (κ1) is 16.4. The number of carbonyl (C=O) groups is 1. The van der Waals surface area contributed by atoms with Crippen LogP contribution in [0.1, 0.15) is 38.3 Å². The molecule has 1 rings (SSSR count). The number of halogens is 3. The summed E-state index contributed by atoms with van der Waals surface area (Å²) in [5.41, 5.74) is 4.97. The first-order valence-corrected chi connectivity index (χ1v) is 5.88. The van der Waals surface area contributed by atoms with Crippen molar-refractivity contribution in [2.75, 3.05) is 6.54 Å². The maximum atomic E-state index is 12.3. The Morgan fingerprint density at radius 1 is 1.40 bits per heavy atom. The number of alkyl halides is 3. The van der Waals surface area contributed by atoms with Crippen LogP contribution in [0.15, 0.2) is 16.5 Å². The van der Waals surface area contributed by atoms with E-state index in [9.17, 15) is 18.0 Å². The van der Waals surface area contributed by atoms with Crippen LogP contribution in [-0.2, 0) is 10.9 Å². The molecule has 0 aliphatic heterocycles. The molecule has 0 spiro atoms. The molecule has 0 radical (unpaired) electrons. The number of nitrogens with one attached hydrogen (secondary N) is 1. The van der Waals surface area contributed by atoms with Gasteiger partial charge in [0.25, 0.3) is 0 Å². The fourth-order valence-electron chi connectivity index (χ4n) is 1.31. The van der Waals surface area contributed by atoms with Crippen LogP contribution in [-0.4, -0.2) is 18.2 Å². The smallest absolute Gasteiger partial charge is 0.449 e. The Bertz CT molecular complexity index is 463. The zero-order chi connectivity index (χ0) is 15.6. The molecule has 0 saturated heterocycles. The maximum Gasteiger partial charge on any atom is 0.449 e. The quantitative estimate of drug-likeness (QED) is 0.898. The molecule has 20 heavy (non-hydrogen) atoms. The molecule has 0 aliphatic carbocycles. The van der Waals surface area contributed by atoms with Crippen LogP contribution >= 0.6 is 0 Å². The molecule has 1 aromatic heterocycles. The van der Waals surface area contributed by atoms with Gasteiger partial charge in [0.05, 0.1) is 6.04 Å². The van der Waals surface area contributed by atoms with Gasteiger partial charge < -0.3 is 20.2 Å². The predicted octanol–water partition coefficient (Wildman–Crippen LogP) is 2.82. The highest BCUT2D eigenvalue weighted by atomic mass is 19.4. The number of ether oxygens (including phenoxy) is 1. The molecule has 1 unspecified atom stereocenters. The van der Waals surface area contributed by atoms with E-state index >= 15 is 0 Å². The fraction of sp³-hybridized carbons (Fsp3) is 0.583. The third kappa shape index (κ3) is 5.12. The number of nitrogens with two attached hydrogens (primary N) is 1. The lowest BCUT2D eigenvalue weighted by Crippen LogP contribution is -2.36. The van der Waals surface area contributed by atoms with Crippen LogP contribution in [0.2, 0.25) is 0 Å². The van der Waals surface area contributed by atoms with Gasteiger partial charge in [0.1, 0.15) is 11.4 Å². The van der Waals surface area contributed by atoms with Gasteiger partial charge in [0.2, 0.25) is 5.76 Å². The lowest BCUT2D eigenvalue weighted by molar-refractivity contribution is -0.153. The molecule has 5 nitrogen and oxygen atoms in total. The molecular formula is C12H17F3N2O3. The third-order valence-electron chi connectivity index (χ3n) is 2.14. The van der Waals surface area contributed by atoms with Crippen LogP contribution in [0.3, 0.4) is 0 Å². The minimum Gasteiger partial charge on any atom is -0.455 e. The highest BCUT2D eigenvalue weighted by Gasteiger charge is 2.35. The predicted molar refractivity (Wildman–Crippen MR) is 64.9 cm³/mol. The largest absolute Gasteiger partial charge is 0.455 e. The molecule has 1 aromatic rings. The Balaban J connectivity index is 2.53. The van der Waals surface area contributed by atoms with E-state index in [2.05, 4.69) is 9.73 Å². The molecule has 8 heteroatoms. The number of rotatable bonds is 3. The monoisotopic (exact) mass is 294 g/mol. The van der Waals surface area contributed by atoms with Crippen molar-refractivity contribution in [3.05, 3.63) is 23.7 Å². The topological polar surface area (TPSA) is 77.5 Å². The number of alkyl carbamates (subject to hydrolysis) is 1. The SMILES string of the molecule is CC(C)(C)OC(=O)NCC(N)c1ccc(C(F)(F)F)o1. The first-order valence-electron chi connectivity index (χ1n) is 5.88. The summed E-state index contributed by atoms with van der Waals surface area (Å²) in [7, 11) is 0. The van der Waals surface area contributed by atoms with Gasteiger partial charge in [0.15, 0.2) is 0 Å². The molecule has 1 heterocycles. The highest BCUT2D eigenvalue weighted by Crippen LogP contribution is 2.31. The summed E-state index contributed by atoms with van der Waals surface area (Å²) < 4.78 is 46.6. The van der Waals surface area contributed by atoms with Crippen molar-refractivity contribution in [2.45, 2.75) is 38.6 Å². The molecule has 3 N–H and O–H groups in total. The van der Waals surface area contributed by atoms with E-state index < -0.39 is 29.7 Å². The average Bonchev–Trinajstić information content (AvgIpc) is 2.72. The summed E-state index contributed by atoms with van der Waals surface area (Å²) in [5.74, 6) is -1.19. The molecule has 0 aliphatic rings. The Kier molecular flexibility index (Phi) is 4.69. The average molecular weight is 294 g/mol. The third-order valence-corrected chi connectivity index (χ3v) is 2.14. The fourth-order valence-corrected chi connectivity index (χ4v) is 1.31. The second-order valence-electron chi connectivity index (χ2n) is 5.19. The van der Waals surface area contributed by atoms with Crippen LogP contribution in [0, 0.1) is 0 Å². The van der Waals surface area contributed by atoms with Gasteiger partial charge in [-0.2, -0.15) is 13.2 Å². The Morgan fingerprint density at radius 2 is 2.00 bits per heavy atom. The maximum absolute atomic E-state index is 12.3. The van der Waals surface area contributed by atoms with Gasteiger partial charge in [-0.05, 0) is 32.9 Å². The van der Waals surface area contributed by atoms with Crippen molar-refractivity contribution >= 4 is 6.09 Å². The first-order chi connectivity index (χ1) is 8.99. The van der Waals surface area contributed by atoms with Crippen LogP contribution in [0.5, 0.6) is 0 Å². The van der Waals surface area contributed by atoms with E-state index in [4.69, 9.17) is 10.5 Å². The summed E-state index contributed by atoms with van der Waals surface area (Å²) >= 11 is 0. The van der Waals surface area contributed by atoms with Gasteiger partial charge in [-0.1, -0.05) is 0 Å². The standard InChI is InChI=1S/C12H17F3N2O3/c1-11(2,3)20-10(18)17-6-7(16)8-4-5-9(19-8)12(13,14)15/h4-5,7H,6,16H2,1-3H3,(H,17,18). The lowest BCUT2D eigenvalue weighted by Gasteiger charge is -2.20. The lowest BCUT2D eigenvalue weighted by atomic mass is 10.2. The molecule has 0 saturated carbocycles. The van der Waals surface area contributed by atoms with Gasteiger partial charge in [0, 0.05) is 6.54 Å². The zero-order valence-corrected chi connectivity index (χ0v) is 11.4. The van der Waals surface area contributed by atoms with E-state index in [1.807, 2.05) is 0 Å². The molecule has 114 valence electrons. The van der Waals surface area contributed by atoms with Crippen molar-refractivity contribution in [3.8, 4) is 0 Å². The molecule has 1 atom stereocenters. The summed E-state index contributed by atoms with van der Waals surface area (Å²) in [6.45, 7) is 4.97. The van der Waals surface area contributed by atoms with Crippen LogP contribution < -0.4 is 11.1 Å². The molecule has 0 aromatic carbocycles. The second kappa shape index (κ2) is 5.74. The summed E-state index contributed by atoms with van der Waals surface area (Å²) in [6.07, 6.45) is -5.26. The molecular weight excluding hydrogens is 277 g/mol.